The Hall–Kier alpha value is -3.89. The minimum Gasteiger partial charge on any atom is -0.213 e. The molecule has 0 bridgehead atoms. The number of fused-ring (bicyclic) bond motifs is 3. The molecule has 0 saturated heterocycles. The second kappa shape index (κ2) is 8.15. The first-order valence-electron chi connectivity index (χ1n) is 11.7. The van der Waals surface area contributed by atoms with Gasteiger partial charge in [-0.05, 0) is 27.1 Å². The third-order valence-electron chi connectivity index (χ3n) is 6.79. The SMILES string of the molecule is C[Si]1(C)c2ccccc2-c2c(Cc3nc(-c4ccccc4)nc(-c4ccccc4)n3)cccc21. The van der Waals surface area contributed by atoms with E-state index in [4.69, 9.17) is 15.0 Å². The van der Waals surface area contributed by atoms with Gasteiger partial charge in [-0.1, -0.05) is 116 Å². The molecule has 0 fully saturated rings. The Morgan fingerprint density at radius 3 is 1.76 bits per heavy atom. The number of aromatic nitrogens is 3. The van der Waals surface area contributed by atoms with E-state index in [1.807, 2.05) is 36.4 Å². The minimum absolute atomic E-state index is 0.671. The Labute approximate surface area is 201 Å². The van der Waals surface area contributed by atoms with Crippen LogP contribution in [0, 0.1) is 0 Å². The summed E-state index contributed by atoms with van der Waals surface area (Å²) in [6.45, 7) is 4.90. The van der Waals surface area contributed by atoms with Crippen molar-refractivity contribution in [2.75, 3.05) is 0 Å². The molecule has 5 aromatic rings. The average Bonchev–Trinajstić information content (AvgIpc) is 3.13. The van der Waals surface area contributed by atoms with Gasteiger partial charge in [-0.3, -0.25) is 0 Å². The standard InChI is InChI=1S/C30H25N3Si/c1-34(2)25-18-10-9-17-24(25)28-23(16-11-19-26(28)34)20-27-31-29(21-12-5-3-6-13-21)33-30(32-27)22-14-7-4-8-15-22/h3-19H,20H2,1-2H3. The summed E-state index contributed by atoms with van der Waals surface area (Å²) in [5.41, 5.74) is 6.05. The zero-order valence-electron chi connectivity index (χ0n) is 19.4. The van der Waals surface area contributed by atoms with E-state index >= 15 is 0 Å². The summed E-state index contributed by atoms with van der Waals surface area (Å²) < 4.78 is 0. The van der Waals surface area contributed by atoms with Gasteiger partial charge in [0.1, 0.15) is 13.9 Å². The van der Waals surface area contributed by atoms with Crippen molar-refractivity contribution in [3.63, 3.8) is 0 Å². The van der Waals surface area contributed by atoms with E-state index in [1.165, 1.54) is 27.1 Å². The quantitative estimate of drug-likeness (QED) is 0.331. The zero-order chi connectivity index (χ0) is 23.1. The van der Waals surface area contributed by atoms with Crippen molar-refractivity contribution >= 4 is 18.4 Å². The minimum atomic E-state index is -1.71. The van der Waals surface area contributed by atoms with Crippen molar-refractivity contribution in [3.05, 3.63) is 115 Å². The molecule has 1 aromatic heterocycles. The maximum Gasteiger partial charge on any atom is 0.163 e. The Balaban J connectivity index is 1.50. The van der Waals surface area contributed by atoms with E-state index < -0.39 is 8.07 Å². The number of hydrogen-bond donors (Lipinski definition) is 0. The van der Waals surface area contributed by atoms with Crippen LogP contribution in [0.2, 0.25) is 13.1 Å². The van der Waals surface area contributed by atoms with Crippen LogP contribution in [0.5, 0.6) is 0 Å². The fourth-order valence-corrected chi connectivity index (χ4v) is 8.20. The van der Waals surface area contributed by atoms with Crippen molar-refractivity contribution in [1.82, 2.24) is 15.0 Å². The maximum atomic E-state index is 4.93. The third-order valence-corrected chi connectivity index (χ3v) is 10.3. The van der Waals surface area contributed by atoms with E-state index in [2.05, 4.69) is 79.8 Å². The summed E-state index contributed by atoms with van der Waals surface area (Å²) in [6.07, 6.45) is 0.671. The molecule has 4 heteroatoms. The van der Waals surface area contributed by atoms with Crippen LogP contribution in [0.4, 0.5) is 0 Å². The Morgan fingerprint density at radius 1 is 0.559 bits per heavy atom. The summed E-state index contributed by atoms with van der Waals surface area (Å²) in [6, 6.07) is 36.0. The molecule has 6 rings (SSSR count). The van der Waals surface area contributed by atoms with Crippen molar-refractivity contribution in [2.45, 2.75) is 19.5 Å². The molecule has 164 valence electrons. The van der Waals surface area contributed by atoms with Gasteiger partial charge in [0.25, 0.3) is 0 Å². The lowest BCUT2D eigenvalue weighted by molar-refractivity contribution is 0.934. The molecule has 0 spiro atoms. The fraction of sp³-hybridized carbons (Fsp3) is 0.100. The molecular weight excluding hydrogens is 430 g/mol. The highest BCUT2D eigenvalue weighted by atomic mass is 28.3. The van der Waals surface area contributed by atoms with Gasteiger partial charge < -0.3 is 0 Å². The average molecular weight is 456 g/mol. The van der Waals surface area contributed by atoms with E-state index in [9.17, 15) is 0 Å². The van der Waals surface area contributed by atoms with Crippen LogP contribution in [0.1, 0.15) is 11.4 Å². The third kappa shape index (κ3) is 3.47. The summed E-state index contributed by atoms with van der Waals surface area (Å²) in [5.74, 6) is 2.23. The van der Waals surface area contributed by atoms with Crippen LogP contribution in [-0.2, 0) is 6.42 Å². The van der Waals surface area contributed by atoms with Gasteiger partial charge in [0.05, 0.1) is 0 Å². The maximum absolute atomic E-state index is 4.93. The molecular formula is C30H25N3Si. The van der Waals surface area contributed by atoms with Gasteiger partial charge in [0.2, 0.25) is 0 Å². The Kier molecular flexibility index (Phi) is 4.96. The second-order valence-corrected chi connectivity index (χ2v) is 13.6. The predicted molar refractivity (Wildman–Crippen MR) is 142 cm³/mol. The van der Waals surface area contributed by atoms with Gasteiger partial charge >= 0.3 is 0 Å². The number of benzene rings is 4. The highest BCUT2D eigenvalue weighted by Crippen LogP contribution is 2.32. The molecule has 0 radical (unpaired) electrons. The van der Waals surface area contributed by atoms with Crippen molar-refractivity contribution in [1.29, 1.82) is 0 Å². The molecule has 34 heavy (non-hydrogen) atoms. The molecule has 0 aliphatic carbocycles. The lowest BCUT2D eigenvalue weighted by Crippen LogP contribution is -2.49. The fourth-order valence-electron chi connectivity index (χ4n) is 5.08. The number of nitrogens with zero attached hydrogens (tertiary/aromatic N) is 3. The molecule has 0 amide bonds. The summed E-state index contributed by atoms with van der Waals surface area (Å²) in [4.78, 5) is 14.7. The van der Waals surface area contributed by atoms with Crippen LogP contribution < -0.4 is 10.4 Å². The first-order valence-corrected chi connectivity index (χ1v) is 14.7. The van der Waals surface area contributed by atoms with Crippen LogP contribution in [0.15, 0.2) is 103 Å². The summed E-state index contributed by atoms with van der Waals surface area (Å²) in [5, 5.41) is 3.02. The smallest absolute Gasteiger partial charge is 0.163 e. The Bertz CT molecular complexity index is 1440. The summed E-state index contributed by atoms with van der Waals surface area (Å²) in [7, 11) is -1.71. The zero-order valence-corrected chi connectivity index (χ0v) is 20.4. The summed E-state index contributed by atoms with van der Waals surface area (Å²) >= 11 is 0. The highest BCUT2D eigenvalue weighted by Gasteiger charge is 2.38. The molecule has 1 aliphatic heterocycles. The largest absolute Gasteiger partial charge is 0.213 e. The van der Waals surface area contributed by atoms with Gasteiger partial charge in [0, 0.05) is 17.5 Å². The molecule has 4 aromatic carbocycles. The van der Waals surface area contributed by atoms with Crippen LogP contribution in [0.25, 0.3) is 33.9 Å². The van der Waals surface area contributed by atoms with Gasteiger partial charge in [-0.2, -0.15) is 0 Å². The highest BCUT2D eigenvalue weighted by molar-refractivity contribution is 7.03. The monoisotopic (exact) mass is 455 g/mol. The molecule has 0 unspecified atom stereocenters. The lowest BCUT2D eigenvalue weighted by atomic mass is 9.97. The normalized spacial score (nSPS) is 13.4. The molecule has 0 atom stereocenters. The first kappa shape index (κ1) is 20.7. The molecule has 1 aliphatic rings. The van der Waals surface area contributed by atoms with E-state index in [-0.39, 0.29) is 0 Å². The Morgan fingerprint density at radius 2 is 1.12 bits per heavy atom. The van der Waals surface area contributed by atoms with Crippen molar-refractivity contribution in [3.8, 4) is 33.9 Å². The molecule has 3 nitrogen and oxygen atoms in total. The molecule has 2 heterocycles. The van der Waals surface area contributed by atoms with E-state index in [0.29, 0.717) is 18.1 Å². The van der Waals surface area contributed by atoms with Crippen molar-refractivity contribution < 1.29 is 0 Å². The van der Waals surface area contributed by atoms with E-state index in [1.54, 1.807) is 0 Å². The predicted octanol–water partition coefficient (Wildman–Crippen LogP) is 5.60. The second-order valence-electron chi connectivity index (χ2n) is 9.32. The lowest BCUT2D eigenvalue weighted by Gasteiger charge is -2.18. The number of rotatable bonds is 4. The van der Waals surface area contributed by atoms with Gasteiger partial charge in [-0.15, -0.1) is 0 Å². The van der Waals surface area contributed by atoms with Gasteiger partial charge in [-0.25, -0.2) is 15.0 Å². The molecule has 0 saturated carbocycles. The number of hydrogen-bond acceptors (Lipinski definition) is 3. The van der Waals surface area contributed by atoms with Crippen LogP contribution in [-0.4, -0.2) is 23.0 Å². The topological polar surface area (TPSA) is 38.7 Å². The van der Waals surface area contributed by atoms with Crippen LogP contribution >= 0.6 is 0 Å². The molecule has 0 N–H and O–H groups in total. The van der Waals surface area contributed by atoms with Gasteiger partial charge in [0.15, 0.2) is 11.6 Å². The first-order chi connectivity index (χ1) is 16.6. The van der Waals surface area contributed by atoms with Crippen LogP contribution in [0.3, 0.4) is 0 Å². The van der Waals surface area contributed by atoms with E-state index in [0.717, 1.165) is 17.0 Å². The van der Waals surface area contributed by atoms with Crippen molar-refractivity contribution in [2.24, 2.45) is 0 Å².